The summed E-state index contributed by atoms with van der Waals surface area (Å²) in [4.78, 5) is 4.09. The highest BCUT2D eigenvalue weighted by atomic mass is 31.2. The molecule has 0 radical (unpaired) electrons. The van der Waals surface area contributed by atoms with Crippen molar-refractivity contribution in [3.05, 3.63) is 121 Å². The summed E-state index contributed by atoms with van der Waals surface area (Å²) >= 11 is 0. The minimum absolute atomic E-state index is 0.114. The minimum Gasteiger partial charge on any atom is -0.415 e. The SMILES string of the molecule is O=P(CN1CCN(CP(=O)(Oc2ccccc2)Oc2ccccc2)CC1)(Oc1ccccc1)Oc1ccccc1. The normalized spacial score (nSPS) is 14.8. The first-order valence-electron chi connectivity index (χ1n) is 13.1. The molecule has 4 aromatic rings. The van der Waals surface area contributed by atoms with Crippen LogP contribution in [0.3, 0.4) is 0 Å². The fourth-order valence-electron chi connectivity index (χ4n) is 4.28. The quantitative estimate of drug-likeness (QED) is 0.163. The van der Waals surface area contributed by atoms with E-state index >= 15 is 0 Å². The highest BCUT2D eigenvalue weighted by Crippen LogP contribution is 2.50. The molecule has 0 aliphatic carbocycles. The number of nitrogens with zero attached hydrogens (tertiary/aromatic N) is 2. The fourth-order valence-corrected chi connectivity index (χ4v) is 7.91. The summed E-state index contributed by atoms with van der Waals surface area (Å²) in [5, 5.41) is 0. The molecule has 40 heavy (non-hydrogen) atoms. The molecule has 0 aromatic heterocycles. The Hall–Kier alpha value is -3.54. The molecule has 0 unspecified atom stereocenters. The summed E-state index contributed by atoms with van der Waals surface area (Å²) in [5.74, 6) is 1.94. The Morgan fingerprint density at radius 1 is 0.425 bits per heavy atom. The second-order valence-electron chi connectivity index (χ2n) is 9.36. The van der Waals surface area contributed by atoms with E-state index in [1.165, 1.54) is 0 Å². The highest BCUT2D eigenvalue weighted by Gasteiger charge is 2.36. The maximum atomic E-state index is 14.0. The van der Waals surface area contributed by atoms with Crippen molar-refractivity contribution in [1.82, 2.24) is 9.80 Å². The van der Waals surface area contributed by atoms with Crippen LogP contribution in [0.15, 0.2) is 121 Å². The number of rotatable bonds is 12. The molecule has 0 spiro atoms. The number of benzene rings is 4. The van der Waals surface area contributed by atoms with Crippen molar-refractivity contribution in [2.45, 2.75) is 0 Å². The van der Waals surface area contributed by atoms with Crippen molar-refractivity contribution in [3.63, 3.8) is 0 Å². The lowest BCUT2D eigenvalue weighted by molar-refractivity contribution is 0.152. The van der Waals surface area contributed by atoms with Gasteiger partial charge in [-0.15, -0.1) is 0 Å². The van der Waals surface area contributed by atoms with Gasteiger partial charge in [0, 0.05) is 26.2 Å². The van der Waals surface area contributed by atoms with E-state index in [1.807, 2.05) is 82.6 Å². The number of hydrogen-bond donors (Lipinski definition) is 0. The molecule has 5 rings (SSSR count). The van der Waals surface area contributed by atoms with Crippen LogP contribution in [-0.4, -0.2) is 48.6 Å². The van der Waals surface area contributed by atoms with Gasteiger partial charge in [0.15, 0.2) is 0 Å². The lowest BCUT2D eigenvalue weighted by Gasteiger charge is -2.36. The third-order valence-electron chi connectivity index (χ3n) is 6.16. The molecule has 0 amide bonds. The van der Waals surface area contributed by atoms with E-state index < -0.39 is 15.2 Å². The molecule has 208 valence electrons. The Labute approximate surface area is 235 Å². The predicted octanol–water partition coefficient (Wildman–Crippen LogP) is 7.22. The van der Waals surface area contributed by atoms with Gasteiger partial charge in [0.1, 0.15) is 35.6 Å². The summed E-state index contributed by atoms with van der Waals surface area (Å²) in [6.07, 6.45) is 0.229. The second kappa shape index (κ2) is 13.2. The van der Waals surface area contributed by atoms with E-state index in [9.17, 15) is 9.13 Å². The van der Waals surface area contributed by atoms with Crippen molar-refractivity contribution >= 4 is 15.2 Å². The fraction of sp³-hybridized carbons (Fsp3) is 0.200. The van der Waals surface area contributed by atoms with Crippen molar-refractivity contribution in [2.24, 2.45) is 0 Å². The first-order valence-corrected chi connectivity index (χ1v) is 16.5. The summed E-state index contributed by atoms with van der Waals surface area (Å²) in [7, 11) is -7.16. The zero-order chi connectivity index (χ0) is 27.7. The third-order valence-corrected chi connectivity index (χ3v) is 9.61. The van der Waals surface area contributed by atoms with Crippen molar-refractivity contribution in [1.29, 1.82) is 0 Å². The van der Waals surface area contributed by atoms with E-state index in [4.69, 9.17) is 18.1 Å². The van der Waals surface area contributed by atoms with Crippen LogP contribution in [0.4, 0.5) is 0 Å². The van der Waals surface area contributed by atoms with Crippen LogP contribution in [0.2, 0.25) is 0 Å². The van der Waals surface area contributed by atoms with Crippen molar-refractivity contribution < 1.29 is 27.2 Å². The van der Waals surface area contributed by atoms with Gasteiger partial charge in [0.2, 0.25) is 0 Å². The van der Waals surface area contributed by atoms with E-state index in [0.29, 0.717) is 49.2 Å². The lowest BCUT2D eigenvalue weighted by atomic mass is 10.3. The Morgan fingerprint density at radius 2 is 0.650 bits per heavy atom. The highest BCUT2D eigenvalue weighted by molar-refractivity contribution is 7.54. The topological polar surface area (TPSA) is 77.5 Å². The maximum absolute atomic E-state index is 14.0. The van der Waals surface area contributed by atoms with Crippen LogP contribution in [-0.2, 0) is 9.13 Å². The predicted molar refractivity (Wildman–Crippen MR) is 156 cm³/mol. The zero-order valence-electron chi connectivity index (χ0n) is 22.0. The van der Waals surface area contributed by atoms with Crippen LogP contribution in [0.1, 0.15) is 0 Å². The number of para-hydroxylation sites is 4. The van der Waals surface area contributed by atoms with Crippen LogP contribution in [0.25, 0.3) is 0 Å². The second-order valence-corrected chi connectivity index (χ2v) is 13.1. The minimum atomic E-state index is -3.58. The van der Waals surface area contributed by atoms with Gasteiger partial charge in [-0.2, -0.15) is 0 Å². The summed E-state index contributed by atoms with van der Waals surface area (Å²) in [5.41, 5.74) is 0. The Kier molecular flexibility index (Phi) is 9.25. The molecule has 4 aromatic carbocycles. The van der Waals surface area contributed by atoms with Gasteiger partial charge in [-0.25, -0.2) is 9.13 Å². The molecule has 1 aliphatic rings. The molecule has 8 nitrogen and oxygen atoms in total. The van der Waals surface area contributed by atoms with Crippen molar-refractivity contribution in [3.8, 4) is 23.0 Å². The molecule has 0 N–H and O–H groups in total. The van der Waals surface area contributed by atoms with Gasteiger partial charge in [-0.1, -0.05) is 72.8 Å². The van der Waals surface area contributed by atoms with Gasteiger partial charge >= 0.3 is 15.2 Å². The molecular weight excluding hydrogens is 546 g/mol. The average Bonchev–Trinajstić information content (AvgIpc) is 2.96. The molecule has 1 saturated heterocycles. The Balaban J connectivity index is 1.24. The Morgan fingerprint density at radius 3 is 0.875 bits per heavy atom. The lowest BCUT2D eigenvalue weighted by Crippen LogP contribution is -2.47. The van der Waals surface area contributed by atoms with Crippen LogP contribution in [0.5, 0.6) is 23.0 Å². The van der Waals surface area contributed by atoms with E-state index in [2.05, 4.69) is 0 Å². The van der Waals surface area contributed by atoms with E-state index in [0.717, 1.165) is 0 Å². The maximum Gasteiger partial charge on any atom is 0.444 e. The van der Waals surface area contributed by atoms with Gasteiger partial charge in [-0.3, -0.25) is 9.80 Å². The molecule has 0 atom stereocenters. The third kappa shape index (κ3) is 8.23. The molecule has 1 fully saturated rings. The summed E-state index contributed by atoms with van der Waals surface area (Å²) < 4.78 is 51.7. The van der Waals surface area contributed by atoms with Gasteiger partial charge < -0.3 is 18.1 Å². The zero-order valence-corrected chi connectivity index (χ0v) is 23.8. The largest absolute Gasteiger partial charge is 0.444 e. The average molecular weight is 579 g/mol. The molecule has 1 aliphatic heterocycles. The molecular formula is C30H32N2O6P2. The van der Waals surface area contributed by atoms with E-state index in [1.54, 1.807) is 48.5 Å². The monoisotopic (exact) mass is 578 g/mol. The van der Waals surface area contributed by atoms with Crippen LogP contribution >= 0.6 is 15.2 Å². The van der Waals surface area contributed by atoms with Gasteiger partial charge in [0.05, 0.1) is 0 Å². The molecule has 0 bridgehead atoms. The summed E-state index contributed by atoms with van der Waals surface area (Å²) in [6, 6.07) is 36.2. The number of piperazine rings is 1. The first-order chi connectivity index (χ1) is 19.5. The van der Waals surface area contributed by atoms with Gasteiger partial charge in [0.25, 0.3) is 0 Å². The first kappa shape index (κ1) is 28.0. The van der Waals surface area contributed by atoms with Crippen LogP contribution in [0, 0.1) is 0 Å². The number of hydrogen-bond acceptors (Lipinski definition) is 8. The molecule has 10 heteroatoms. The smallest absolute Gasteiger partial charge is 0.415 e. The van der Waals surface area contributed by atoms with Gasteiger partial charge in [-0.05, 0) is 48.5 Å². The molecule has 1 heterocycles. The van der Waals surface area contributed by atoms with E-state index in [-0.39, 0.29) is 12.6 Å². The Bertz CT molecular complexity index is 1220. The van der Waals surface area contributed by atoms with Crippen LogP contribution < -0.4 is 18.1 Å². The standard InChI is InChI=1S/C30H32N2O6P2/c33-39(35-27-13-5-1-6-14-27,36-28-15-7-2-8-16-28)25-31-21-23-32(24-22-31)26-40(34,37-29-17-9-3-10-18-29)38-30-19-11-4-12-20-30/h1-20H,21-26H2. The molecule has 0 saturated carbocycles. The van der Waals surface area contributed by atoms with Crippen molar-refractivity contribution in [2.75, 3.05) is 38.8 Å². The summed E-state index contributed by atoms with van der Waals surface area (Å²) in [6.45, 7) is 2.32.